The van der Waals surface area contributed by atoms with Crippen LogP contribution < -0.4 is 9.64 Å². The zero-order valence-electron chi connectivity index (χ0n) is 42.2. The van der Waals surface area contributed by atoms with Crippen LogP contribution in [-0.2, 0) is 0 Å². The molecular weight excluding hydrogens is 925 g/mol. The first-order valence-corrected chi connectivity index (χ1v) is 25.4. The van der Waals surface area contributed by atoms with Crippen molar-refractivity contribution in [2.75, 3.05) is 12.0 Å². The maximum Gasteiger partial charge on any atom is 0.145 e. The molecule has 76 heavy (non-hydrogen) atoms. The van der Waals surface area contributed by atoms with Crippen LogP contribution in [-0.4, -0.2) is 23.4 Å². The van der Waals surface area contributed by atoms with Gasteiger partial charge >= 0.3 is 0 Å². The van der Waals surface area contributed by atoms with E-state index in [1.165, 1.54) is 82.4 Å². The molecule has 0 radical (unpaired) electrons. The van der Waals surface area contributed by atoms with Gasteiger partial charge in [0.15, 0.2) is 0 Å². The fraction of sp³-hybridized carbons (Fsp3) is 0.0141. The Balaban J connectivity index is 0.000000290. The first-order chi connectivity index (χ1) is 37.6. The summed E-state index contributed by atoms with van der Waals surface area (Å²) in [5, 5.41) is 8.65. The topological polar surface area (TPSA) is 42.7 Å². The lowest BCUT2D eigenvalue weighted by atomic mass is 9.86. The number of allylic oxidation sites excluding steroid dienone is 2. The van der Waals surface area contributed by atoms with E-state index in [9.17, 15) is 0 Å². The number of anilines is 3. The molecule has 0 unspecified atom stereocenters. The van der Waals surface area contributed by atoms with Gasteiger partial charge < -0.3 is 14.2 Å². The Morgan fingerprint density at radius 2 is 0.934 bits per heavy atom. The summed E-state index contributed by atoms with van der Waals surface area (Å²) >= 11 is 0. The molecule has 0 aliphatic carbocycles. The molecule has 11 aromatic carbocycles. The second kappa shape index (κ2) is 22.3. The number of ether oxygens (including phenoxy) is 1. The number of rotatable bonds is 10. The normalized spacial score (nSPS) is 11.0. The average molecular weight is 979 g/mol. The van der Waals surface area contributed by atoms with Gasteiger partial charge in [0.2, 0.25) is 0 Å². The van der Waals surface area contributed by atoms with Gasteiger partial charge in [0.05, 0.1) is 18.1 Å². The van der Waals surface area contributed by atoms with Crippen LogP contribution in [0.25, 0.3) is 93.3 Å². The van der Waals surface area contributed by atoms with E-state index in [0.29, 0.717) is 0 Å². The Kier molecular flexibility index (Phi) is 14.2. The second-order valence-corrected chi connectivity index (χ2v) is 18.2. The third kappa shape index (κ3) is 9.65. The molecule has 0 amide bonds. The zero-order chi connectivity index (χ0) is 51.6. The number of benzene rings is 11. The third-order valence-electron chi connectivity index (χ3n) is 13.7. The van der Waals surface area contributed by atoms with E-state index >= 15 is 0 Å². The summed E-state index contributed by atoms with van der Waals surface area (Å²) in [6.07, 6.45) is 6.71. The molecule has 364 valence electrons. The minimum absolute atomic E-state index is 0.827. The van der Waals surface area contributed by atoms with Crippen molar-refractivity contribution in [2.45, 2.75) is 0 Å². The Morgan fingerprint density at radius 1 is 0.447 bits per heavy atom. The molecular formula is C71H54N4O. The minimum Gasteiger partial charge on any atom is -0.494 e. The van der Waals surface area contributed by atoms with Crippen molar-refractivity contribution in [1.82, 2.24) is 9.55 Å². The highest BCUT2D eigenvalue weighted by Gasteiger charge is 2.19. The van der Waals surface area contributed by atoms with Crippen molar-refractivity contribution in [3.63, 3.8) is 0 Å². The van der Waals surface area contributed by atoms with Gasteiger partial charge in [-0.25, -0.2) is 0 Å². The van der Waals surface area contributed by atoms with Gasteiger partial charge in [-0.2, -0.15) is 0 Å². The lowest BCUT2D eigenvalue weighted by molar-refractivity contribution is 0.419. The van der Waals surface area contributed by atoms with Crippen molar-refractivity contribution >= 4 is 78.0 Å². The summed E-state index contributed by atoms with van der Waals surface area (Å²) in [4.78, 5) is 10.00. The van der Waals surface area contributed by atoms with E-state index in [-0.39, 0.29) is 0 Å². The van der Waals surface area contributed by atoms with Crippen LogP contribution in [0.3, 0.4) is 0 Å². The molecule has 2 heterocycles. The summed E-state index contributed by atoms with van der Waals surface area (Å²) in [6.45, 7) is 6.64. The van der Waals surface area contributed by atoms with Crippen molar-refractivity contribution in [2.24, 2.45) is 4.99 Å². The quantitative estimate of drug-likeness (QED) is 0.0779. The summed E-state index contributed by atoms with van der Waals surface area (Å²) in [6, 6.07) is 93.3. The zero-order valence-corrected chi connectivity index (χ0v) is 42.2. The molecule has 0 aliphatic heterocycles. The van der Waals surface area contributed by atoms with Crippen molar-refractivity contribution in [1.29, 1.82) is 0 Å². The molecule has 0 fully saturated rings. The third-order valence-corrected chi connectivity index (χ3v) is 13.7. The molecule has 5 heteroatoms. The van der Waals surface area contributed by atoms with E-state index in [0.717, 1.165) is 33.7 Å². The number of aromatic nitrogens is 2. The monoisotopic (exact) mass is 978 g/mol. The van der Waals surface area contributed by atoms with E-state index in [1.807, 2.05) is 30.3 Å². The molecule has 0 N–H and O–H groups in total. The van der Waals surface area contributed by atoms with Crippen LogP contribution in [0.4, 0.5) is 17.1 Å². The molecule has 0 aliphatic rings. The predicted octanol–water partition coefficient (Wildman–Crippen LogP) is 19.2. The summed E-state index contributed by atoms with van der Waals surface area (Å²) < 4.78 is 7.53. The second-order valence-electron chi connectivity index (χ2n) is 18.2. The number of pyridine rings is 1. The Labute approximate surface area is 443 Å². The average Bonchev–Trinajstić information content (AvgIpc) is 3.89. The highest BCUT2D eigenvalue weighted by molar-refractivity contribution is 6.21. The number of hydrogen-bond acceptors (Lipinski definition) is 4. The van der Waals surface area contributed by atoms with Crippen LogP contribution in [0.5, 0.6) is 5.75 Å². The maximum atomic E-state index is 5.16. The number of para-hydroxylation sites is 4. The molecule has 5 nitrogen and oxygen atoms in total. The number of nitrogens with zero attached hydrogens (tertiary/aromatic N) is 4. The molecule has 0 spiro atoms. The van der Waals surface area contributed by atoms with Crippen LogP contribution in [0.1, 0.15) is 0 Å². The lowest BCUT2D eigenvalue weighted by Crippen LogP contribution is -2.09. The van der Waals surface area contributed by atoms with E-state index in [1.54, 1.807) is 31.7 Å². The molecule has 2 aromatic heterocycles. The van der Waals surface area contributed by atoms with Gasteiger partial charge in [-0.1, -0.05) is 195 Å². The number of methoxy groups -OCH3 is 1. The smallest absolute Gasteiger partial charge is 0.145 e. The SMILES string of the molecule is C=C/C=C\N=C.COc1cccc2cccnc12.c1ccc(-c2c3ccccc3c(-c3ccc(N(c4ccccc4)c4ccc(-c5ccc6c(c5)c5ccccc5n6-c5ccccc5)cc4)cc3)c3ccccc23)cc1. The molecule has 0 saturated heterocycles. The maximum absolute atomic E-state index is 5.16. The van der Waals surface area contributed by atoms with Gasteiger partial charge in [0, 0.05) is 51.3 Å². The fourth-order valence-corrected chi connectivity index (χ4v) is 10.3. The molecule has 0 atom stereocenters. The van der Waals surface area contributed by atoms with Crippen LogP contribution in [0.2, 0.25) is 0 Å². The minimum atomic E-state index is 0.827. The highest BCUT2D eigenvalue weighted by Crippen LogP contribution is 2.45. The number of aliphatic imine (C=N–C) groups is 1. The summed E-state index contributed by atoms with van der Waals surface area (Å²) in [5.41, 5.74) is 15.2. The summed E-state index contributed by atoms with van der Waals surface area (Å²) in [5.74, 6) is 0.827. The first kappa shape index (κ1) is 48.2. The van der Waals surface area contributed by atoms with Crippen LogP contribution >= 0.6 is 0 Å². The van der Waals surface area contributed by atoms with Crippen LogP contribution in [0, 0.1) is 0 Å². The van der Waals surface area contributed by atoms with Gasteiger partial charge in [0.25, 0.3) is 0 Å². The Bertz CT molecular complexity index is 4090. The van der Waals surface area contributed by atoms with E-state index in [4.69, 9.17) is 4.74 Å². The van der Waals surface area contributed by atoms with Crippen LogP contribution in [0.15, 0.2) is 297 Å². The molecule has 0 bridgehead atoms. The Hall–Kier alpha value is -10.1. The highest BCUT2D eigenvalue weighted by atomic mass is 16.5. The van der Waals surface area contributed by atoms with Crippen molar-refractivity contribution in [3.8, 4) is 44.8 Å². The van der Waals surface area contributed by atoms with Gasteiger partial charge in [-0.15, -0.1) is 0 Å². The van der Waals surface area contributed by atoms with Gasteiger partial charge in [-0.05, 0) is 147 Å². The van der Waals surface area contributed by atoms with Gasteiger partial charge in [-0.3, -0.25) is 9.98 Å². The van der Waals surface area contributed by atoms with E-state index in [2.05, 4.69) is 263 Å². The first-order valence-electron chi connectivity index (χ1n) is 25.4. The summed E-state index contributed by atoms with van der Waals surface area (Å²) in [7, 11) is 1.66. The predicted molar refractivity (Wildman–Crippen MR) is 324 cm³/mol. The van der Waals surface area contributed by atoms with Crippen molar-refractivity contribution in [3.05, 3.63) is 292 Å². The van der Waals surface area contributed by atoms with Gasteiger partial charge in [0.1, 0.15) is 11.3 Å². The molecule has 13 aromatic rings. The van der Waals surface area contributed by atoms with Crippen molar-refractivity contribution < 1.29 is 4.74 Å². The van der Waals surface area contributed by atoms with E-state index < -0.39 is 0 Å². The number of hydrogen-bond donors (Lipinski definition) is 0. The largest absolute Gasteiger partial charge is 0.494 e. The lowest BCUT2D eigenvalue weighted by Gasteiger charge is -2.26. The fourth-order valence-electron chi connectivity index (χ4n) is 10.3. The molecule has 0 saturated carbocycles. The standard InChI is InChI=1S/C56H38N2.C10H9NO.C5H7N/c1-4-16-40(17-5-1)55-48-23-10-12-25-50(48)56(51-26-13-11-24-49(51)55)41-30-35-46(36-31-41)57(43-18-6-2-7-19-43)45-33-28-39(29-34-45)42-32-37-54-52(38-42)47-22-14-15-27-53(47)58(54)44-20-8-3-9-21-44;1-12-9-6-2-4-8-5-3-7-11-10(8)9;1-3-4-5-6-2/h1-38H;2-7H,1H3;3-5H,1-2H2/b;;5-4-. The molecule has 13 rings (SSSR count). The number of fused-ring (bicyclic) bond motifs is 6. The Morgan fingerprint density at radius 3 is 1.51 bits per heavy atom.